The Morgan fingerprint density at radius 3 is 2.58 bits per heavy atom. The van der Waals surface area contributed by atoms with E-state index in [1.54, 1.807) is 46.7 Å². The molecule has 4 rings (SSSR count). The highest BCUT2D eigenvalue weighted by atomic mass is 32.2. The summed E-state index contributed by atoms with van der Waals surface area (Å²) in [6.07, 6.45) is 2.26. The number of fused-ring (bicyclic) bond motifs is 1. The van der Waals surface area contributed by atoms with Crippen LogP contribution >= 0.6 is 11.3 Å². The van der Waals surface area contributed by atoms with Gasteiger partial charge in [-0.05, 0) is 42.8 Å². The first-order chi connectivity index (χ1) is 12.6. The lowest BCUT2D eigenvalue weighted by atomic mass is 10.1. The molecule has 0 saturated carbocycles. The number of sulfonamides is 1. The van der Waals surface area contributed by atoms with Crippen molar-refractivity contribution in [2.75, 3.05) is 23.9 Å². The predicted octanol–water partition coefficient (Wildman–Crippen LogP) is 2.72. The van der Waals surface area contributed by atoms with Crippen LogP contribution in [0.2, 0.25) is 0 Å². The van der Waals surface area contributed by atoms with Gasteiger partial charge in [0.2, 0.25) is 0 Å². The van der Waals surface area contributed by atoms with Crippen molar-refractivity contribution in [2.24, 2.45) is 0 Å². The van der Waals surface area contributed by atoms with Crippen LogP contribution in [-0.4, -0.2) is 45.0 Å². The van der Waals surface area contributed by atoms with E-state index in [1.807, 2.05) is 0 Å². The zero-order valence-corrected chi connectivity index (χ0v) is 15.8. The zero-order chi connectivity index (χ0) is 18.1. The van der Waals surface area contributed by atoms with Crippen LogP contribution in [0.4, 0.5) is 5.69 Å². The number of para-hydroxylation sites is 2. The van der Waals surface area contributed by atoms with Crippen molar-refractivity contribution < 1.29 is 17.9 Å². The number of hydrogen-bond acceptors (Lipinski definition) is 5. The van der Waals surface area contributed by atoms with Gasteiger partial charge in [0.25, 0.3) is 15.9 Å². The molecule has 0 unspecified atom stereocenters. The molecule has 0 spiro atoms. The van der Waals surface area contributed by atoms with E-state index in [1.165, 1.54) is 15.6 Å². The van der Waals surface area contributed by atoms with Crippen LogP contribution in [0, 0.1) is 0 Å². The van der Waals surface area contributed by atoms with Crippen molar-refractivity contribution in [1.82, 2.24) is 4.90 Å². The number of carbonyl (C=O) groups excluding carboxylic acids is 1. The van der Waals surface area contributed by atoms with Gasteiger partial charge in [-0.15, -0.1) is 11.3 Å². The Labute approximate surface area is 157 Å². The van der Waals surface area contributed by atoms with E-state index in [0.717, 1.165) is 19.3 Å². The molecule has 1 aromatic carbocycles. The molecule has 2 aromatic rings. The number of rotatable bonds is 3. The second-order valence-corrected chi connectivity index (χ2v) is 9.47. The van der Waals surface area contributed by atoms with Crippen molar-refractivity contribution in [3.05, 3.63) is 41.8 Å². The quantitative estimate of drug-likeness (QED) is 0.806. The number of carbonyl (C=O) groups is 1. The Balaban J connectivity index is 1.68. The number of likely N-dealkylation sites (tertiary alicyclic amines) is 1. The van der Waals surface area contributed by atoms with Crippen molar-refractivity contribution in [3.63, 3.8) is 0 Å². The monoisotopic (exact) mass is 392 g/mol. The summed E-state index contributed by atoms with van der Waals surface area (Å²) < 4.78 is 33.7. The molecule has 1 atom stereocenters. The number of thiophene rings is 1. The highest BCUT2D eigenvalue weighted by Crippen LogP contribution is 2.37. The maximum Gasteiger partial charge on any atom is 0.274 e. The van der Waals surface area contributed by atoms with E-state index in [2.05, 4.69) is 0 Å². The maximum atomic E-state index is 13.1. The van der Waals surface area contributed by atoms with Crippen molar-refractivity contribution >= 4 is 33.0 Å². The van der Waals surface area contributed by atoms with Gasteiger partial charge in [0, 0.05) is 13.1 Å². The summed E-state index contributed by atoms with van der Waals surface area (Å²) in [4.78, 5) is 14.7. The number of hydrogen-bond donors (Lipinski definition) is 0. The van der Waals surface area contributed by atoms with Crippen LogP contribution in [0.3, 0.4) is 0 Å². The van der Waals surface area contributed by atoms with Crippen LogP contribution in [0.1, 0.15) is 19.3 Å². The third-order valence-electron chi connectivity index (χ3n) is 4.72. The fourth-order valence-electron chi connectivity index (χ4n) is 3.40. The van der Waals surface area contributed by atoms with E-state index in [9.17, 15) is 13.2 Å². The number of piperidine rings is 1. The van der Waals surface area contributed by atoms with E-state index in [0.29, 0.717) is 24.5 Å². The van der Waals surface area contributed by atoms with Crippen LogP contribution < -0.4 is 9.04 Å². The fourth-order valence-corrected chi connectivity index (χ4v) is 5.98. The summed E-state index contributed by atoms with van der Waals surface area (Å²) in [6, 6.07) is 10.3. The summed E-state index contributed by atoms with van der Waals surface area (Å²) in [5.74, 6) is 0.292. The lowest BCUT2D eigenvalue weighted by Gasteiger charge is -2.37. The number of ether oxygens (including phenoxy) is 1. The Morgan fingerprint density at radius 1 is 1.08 bits per heavy atom. The van der Waals surface area contributed by atoms with Gasteiger partial charge in [-0.1, -0.05) is 18.2 Å². The average molecular weight is 393 g/mol. The highest BCUT2D eigenvalue weighted by molar-refractivity contribution is 7.94. The largest absolute Gasteiger partial charge is 0.476 e. The van der Waals surface area contributed by atoms with Crippen LogP contribution in [0.25, 0.3) is 0 Å². The minimum Gasteiger partial charge on any atom is -0.476 e. The lowest BCUT2D eigenvalue weighted by Crippen LogP contribution is -2.52. The molecule has 1 saturated heterocycles. The number of nitrogens with zero attached hydrogens (tertiary/aromatic N) is 2. The minimum absolute atomic E-state index is 0.00736. The molecular weight excluding hydrogens is 372 g/mol. The second kappa shape index (κ2) is 6.92. The Hall–Kier alpha value is -2.06. The average Bonchev–Trinajstić information content (AvgIpc) is 3.23. The fraction of sp³-hybridized carbons (Fsp3) is 0.389. The van der Waals surface area contributed by atoms with Crippen LogP contribution in [-0.2, 0) is 14.8 Å². The van der Waals surface area contributed by atoms with E-state index >= 15 is 0 Å². The van der Waals surface area contributed by atoms with Gasteiger partial charge in [0.1, 0.15) is 9.96 Å². The standard InChI is InChI=1S/C18H20N2O4S2/c21-18(19-10-4-1-5-11-19)16-13-20(14-7-2-3-8-15(14)24-16)26(22,23)17-9-6-12-25-17/h2-3,6-9,12,16H,1,4-5,10-11,13H2/t16-/m0/s1. The molecule has 0 aliphatic carbocycles. The third kappa shape index (κ3) is 3.07. The molecule has 2 aliphatic heterocycles. The summed E-state index contributed by atoms with van der Waals surface area (Å²) >= 11 is 1.17. The Bertz CT molecular complexity index is 890. The molecule has 6 nitrogen and oxygen atoms in total. The minimum atomic E-state index is -3.73. The van der Waals surface area contributed by atoms with Gasteiger partial charge < -0.3 is 9.64 Å². The van der Waals surface area contributed by atoms with Crippen LogP contribution in [0.15, 0.2) is 46.0 Å². The normalized spacial score (nSPS) is 20.4. The molecule has 1 aromatic heterocycles. The summed E-state index contributed by atoms with van der Waals surface area (Å²) in [6.45, 7) is 1.41. The first-order valence-corrected chi connectivity index (χ1v) is 11.0. The van der Waals surface area contributed by atoms with Gasteiger partial charge in [0.05, 0.1) is 12.2 Å². The number of anilines is 1. The Kier molecular flexibility index (Phi) is 4.62. The first-order valence-electron chi connectivity index (χ1n) is 8.68. The van der Waals surface area contributed by atoms with E-state index in [4.69, 9.17) is 4.74 Å². The van der Waals surface area contributed by atoms with Crippen molar-refractivity contribution in [3.8, 4) is 5.75 Å². The van der Waals surface area contributed by atoms with E-state index < -0.39 is 16.1 Å². The number of benzene rings is 1. The van der Waals surface area contributed by atoms with Gasteiger partial charge in [-0.3, -0.25) is 9.10 Å². The second-order valence-electron chi connectivity index (χ2n) is 6.43. The molecule has 3 heterocycles. The summed E-state index contributed by atoms with van der Waals surface area (Å²) in [5.41, 5.74) is 0.476. The smallest absolute Gasteiger partial charge is 0.274 e. The molecule has 138 valence electrons. The van der Waals surface area contributed by atoms with Gasteiger partial charge in [-0.25, -0.2) is 8.42 Å². The molecule has 26 heavy (non-hydrogen) atoms. The highest BCUT2D eigenvalue weighted by Gasteiger charge is 2.39. The third-order valence-corrected chi connectivity index (χ3v) is 7.87. The van der Waals surface area contributed by atoms with E-state index in [-0.39, 0.29) is 16.7 Å². The van der Waals surface area contributed by atoms with Crippen molar-refractivity contribution in [2.45, 2.75) is 29.6 Å². The van der Waals surface area contributed by atoms with Crippen molar-refractivity contribution in [1.29, 1.82) is 0 Å². The molecule has 0 N–H and O–H groups in total. The zero-order valence-electron chi connectivity index (χ0n) is 14.2. The van der Waals surface area contributed by atoms with Gasteiger partial charge >= 0.3 is 0 Å². The van der Waals surface area contributed by atoms with Gasteiger partial charge in [-0.2, -0.15) is 0 Å². The molecule has 2 aliphatic rings. The number of amides is 1. The molecule has 8 heteroatoms. The predicted molar refractivity (Wildman–Crippen MR) is 100 cm³/mol. The molecule has 0 bridgehead atoms. The molecule has 1 fully saturated rings. The topological polar surface area (TPSA) is 66.9 Å². The van der Waals surface area contributed by atoms with Crippen LogP contribution in [0.5, 0.6) is 5.75 Å². The maximum absolute atomic E-state index is 13.1. The Morgan fingerprint density at radius 2 is 1.85 bits per heavy atom. The van der Waals surface area contributed by atoms with Gasteiger partial charge in [0.15, 0.2) is 6.10 Å². The molecule has 1 amide bonds. The lowest BCUT2D eigenvalue weighted by molar-refractivity contribution is -0.139. The summed E-state index contributed by atoms with van der Waals surface area (Å²) in [7, 11) is -3.73. The molecular formula is C18H20N2O4S2. The molecule has 0 radical (unpaired) electrons. The summed E-state index contributed by atoms with van der Waals surface area (Å²) in [5, 5.41) is 1.73. The SMILES string of the molecule is O=C([C@@H]1CN(S(=O)(=O)c2cccs2)c2ccccc2O1)N1CCCCC1. The first kappa shape index (κ1) is 17.4.